The highest BCUT2D eigenvalue weighted by Crippen LogP contribution is 2.04. The summed E-state index contributed by atoms with van der Waals surface area (Å²) < 4.78 is 9.25. The fraction of sp³-hybridized carbons (Fsp3) is 0.400. The number of rotatable bonds is 6. The predicted octanol–water partition coefficient (Wildman–Crippen LogP) is 0.702. The van der Waals surface area contributed by atoms with Crippen molar-refractivity contribution in [3.8, 4) is 0 Å². The zero-order valence-corrected chi connectivity index (χ0v) is 9.72. The smallest absolute Gasteiger partial charge is 0.367 e. The van der Waals surface area contributed by atoms with Crippen LogP contribution >= 0.6 is 0 Å². The molecule has 0 aromatic heterocycles. The minimum atomic E-state index is -3.82. The van der Waals surface area contributed by atoms with Crippen LogP contribution in [0.3, 0.4) is 0 Å². The van der Waals surface area contributed by atoms with Crippen LogP contribution in [0.25, 0.3) is 0 Å². The van der Waals surface area contributed by atoms with E-state index in [1.807, 2.05) is 30.3 Å². The summed E-state index contributed by atoms with van der Waals surface area (Å²) in [5.74, 6) is 0. The van der Waals surface area contributed by atoms with Crippen LogP contribution in [0, 0.1) is 0 Å². The van der Waals surface area contributed by atoms with Crippen LogP contribution < -0.4 is 0 Å². The second kappa shape index (κ2) is 5.99. The van der Waals surface area contributed by atoms with E-state index in [0.717, 1.165) is 12.8 Å². The van der Waals surface area contributed by atoms with Gasteiger partial charge in [-0.1, -0.05) is 30.3 Å². The summed E-state index contributed by atoms with van der Waals surface area (Å²) in [6.07, 6.45) is 1.60. The zero-order chi connectivity index (χ0) is 11.1. The van der Waals surface area contributed by atoms with Crippen molar-refractivity contribution in [1.82, 2.24) is 0 Å². The van der Waals surface area contributed by atoms with Crippen molar-refractivity contribution in [2.45, 2.75) is 12.8 Å². The predicted molar refractivity (Wildman–Crippen MR) is 57.9 cm³/mol. The molecule has 0 radical (unpaired) electrons. The summed E-state index contributed by atoms with van der Waals surface area (Å²) in [6, 6.07) is 9.97. The van der Waals surface area contributed by atoms with Crippen LogP contribution in [0.15, 0.2) is 30.3 Å². The van der Waals surface area contributed by atoms with Gasteiger partial charge in [0.05, 0.1) is 0 Å². The Morgan fingerprint density at radius 3 is 2.47 bits per heavy atom. The molecule has 15 heavy (non-hydrogen) atoms. The molecule has 0 saturated carbocycles. The van der Waals surface area contributed by atoms with Gasteiger partial charge in [0.25, 0.3) is 0 Å². The van der Waals surface area contributed by atoms with Crippen molar-refractivity contribution in [2.24, 2.45) is 0 Å². The van der Waals surface area contributed by atoms with E-state index in [0.29, 0.717) is 6.61 Å². The van der Waals surface area contributed by atoms with Crippen molar-refractivity contribution in [3.05, 3.63) is 35.9 Å². The van der Waals surface area contributed by atoms with E-state index in [4.69, 9.17) is 14.0 Å². The maximum Gasteiger partial charge on any atom is 0.673 e. The van der Waals surface area contributed by atoms with E-state index >= 15 is 0 Å². The first-order valence-corrected chi connectivity index (χ1v) is 6.53. The summed E-state index contributed by atoms with van der Waals surface area (Å²) in [5, 5.41) is 0. The summed E-state index contributed by atoms with van der Waals surface area (Å²) in [4.78, 5) is 18.1. The first kappa shape index (κ1) is 12.3. The molecule has 0 aliphatic carbocycles. The molecule has 0 unspecified atom stereocenters. The average molecular weight is 228 g/mol. The molecular formula is C10H16O4Si. The molecule has 84 valence electrons. The largest absolute Gasteiger partial charge is 0.673 e. The fourth-order valence-electron chi connectivity index (χ4n) is 1.19. The van der Waals surface area contributed by atoms with Gasteiger partial charge < -0.3 is 18.4 Å². The lowest BCUT2D eigenvalue weighted by atomic mass is 10.1. The standard InChI is InChI=1S/C10H16O4Si/c1-13-15(11,12)14-9-5-8-10-6-3-2-4-7-10/h2-4,6-7,11-12H,5,8-9H2,1H3. The monoisotopic (exact) mass is 228 g/mol. The molecule has 4 nitrogen and oxygen atoms in total. The molecule has 0 spiro atoms. The van der Waals surface area contributed by atoms with Gasteiger partial charge in [-0.2, -0.15) is 0 Å². The van der Waals surface area contributed by atoms with E-state index in [1.165, 1.54) is 12.7 Å². The molecule has 0 heterocycles. The maximum atomic E-state index is 9.07. The van der Waals surface area contributed by atoms with E-state index in [-0.39, 0.29) is 0 Å². The summed E-state index contributed by atoms with van der Waals surface area (Å²) >= 11 is 0. The van der Waals surface area contributed by atoms with E-state index < -0.39 is 9.05 Å². The first-order valence-electron chi connectivity index (χ1n) is 4.82. The Morgan fingerprint density at radius 2 is 1.87 bits per heavy atom. The van der Waals surface area contributed by atoms with Gasteiger partial charge in [-0.3, -0.25) is 0 Å². The van der Waals surface area contributed by atoms with Crippen molar-refractivity contribution >= 4 is 9.05 Å². The van der Waals surface area contributed by atoms with Gasteiger partial charge in [0.1, 0.15) is 0 Å². The SMILES string of the molecule is CO[Si](O)(O)OCCCc1ccccc1. The molecule has 0 amide bonds. The summed E-state index contributed by atoms with van der Waals surface area (Å²) in [7, 11) is -2.59. The Kier molecular flexibility index (Phi) is 4.93. The third kappa shape index (κ3) is 5.05. The lowest BCUT2D eigenvalue weighted by molar-refractivity contribution is 0.0415. The van der Waals surface area contributed by atoms with Gasteiger partial charge in [0, 0.05) is 13.7 Å². The molecule has 5 heteroatoms. The molecule has 0 aliphatic rings. The molecule has 0 saturated heterocycles. The zero-order valence-electron chi connectivity index (χ0n) is 8.72. The van der Waals surface area contributed by atoms with Gasteiger partial charge in [-0.25, -0.2) is 0 Å². The lowest BCUT2D eigenvalue weighted by Crippen LogP contribution is -2.41. The van der Waals surface area contributed by atoms with E-state index in [1.54, 1.807) is 0 Å². The number of hydrogen-bond donors (Lipinski definition) is 2. The molecule has 0 bridgehead atoms. The third-order valence-corrected chi connectivity index (χ3v) is 3.12. The van der Waals surface area contributed by atoms with Crippen molar-refractivity contribution in [3.63, 3.8) is 0 Å². The molecule has 0 atom stereocenters. The Balaban J connectivity index is 2.18. The minimum Gasteiger partial charge on any atom is -0.367 e. The van der Waals surface area contributed by atoms with Gasteiger partial charge >= 0.3 is 9.05 Å². The Hall–Kier alpha value is -0.723. The molecule has 1 aromatic rings. The van der Waals surface area contributed by atoms with Crippen LogP contribution in [-0.2, 0) is 15.3 Å². The van der Waals surface area contributed by atoms with E-state index in [2.05, 4.69) is 4.43 Å². The highest BCUT2D eigenvalue weighted by atomic mass is 28.4. The lowest BCUT2D eigenvalue weighted by Gasteiger charge is -2.13. The van der Waals surface area contributed by atoms with Gasteiger partial charge in [0.2, 0.25) is 0 Å². The molecule has 1 rings (SSSR count). The minimum absolute atomic E-state index is 0.294. The normalized spacial score (nSPS) is 11.7. The maximum absolute atomic E-state index is 9.07. The molecule has 2 N–H and O–H groups in total. The fourth-order valence-corrected chi connectivity index (χ4v) is 1.71. The second-order valence-corrected chi connectivity index (χ2v) is 4.98. The number of hydrogen-bond acceptors (Lipinski definition) is 4. The van der Waals surface area contributed by atoms with Gasteiger partial charge in [0.15, 0.2) is 0 Å². The van der Waals surface area contributed by atoms with Crippen molar-refractivity contribution in [2.75, 3.05) is 13.7 Å². The van der Waals surface area contributed by atoms with Crippen LogP contribution in [-0.4, -0.2) is 32.4 Å². The molecular weight excluding hydrogens is 212 g/mol. The molecule has 0 aliphatic heterocycles. The third-order valence-electron chi connectivity index (χ3n) is 2.01. The quantitative estimate of drug-likeness (QED) is 0.556. The highest BCUT2D eigenvalue weighted by molar-refractivity contribution is 6.50. The first-order chi connectivity index (χ1) is 7.14. The Labute approximate surface area is 90.6 Å². The number of aryl methyl sites for hydroxylation is 1. The molecule has 0 fully saturated rings. The van der Waals surface area contributed by atoms with Crippen LogP contribution in [0.5, 0.6) is 0 Å². The number of benzene rings is 1. The van der Waals surface area contributed by atoms with E-state index in [9.17, 15) is 0 Å². The summed E-state index contributed by atoms with van der Waals surface area (Å²) in [6.45, 7) is 0.294. The highest BCUT2D eigenvalue weighted by Gasteiger charge is 2.34. The second-order valence-electron chi connectivity index (χ2n) is 3.19. The Bertz CT molecular complexity index is 276. The summed E-state index contributed by atoms with van der Waals surface area (Å²) in [5.41, 5.74) is 1.21. The van der Waals surface area contributed by atoms with Gasteiger partial charge in [-0.05, 0) is 18.4 Å². The van der Waals surface area contributed by atoms with Crippen LogP contribution in [0.1, 0.15) is 12.0 Å². The van der Waals surface area contributed by atoms with Crippen molar-refractivity contribution < 1.29 is 18.4 Å². The van der Waals surface area contributed by atoms with Crippen LogP contribution in [0.4, 0.5) is 0 Å². The Morgan fingerprint density at radius 1 is 1.20 bits per heavy atom. The topological polar surface area (TPSA) is 58.9 Å². The van der Waals surface area contributed by atoms with Crippen LogP contribution in [0.2, 0.25) is 0 Å². The van der Waals surface area contributed by atoms with Gasteiger partial charge in [-0.15, -0.1) is 0 Å². The average Bonchev–Trinajstić information content (AvgIpc) is 2.26. The molecule has 1 aromatic carbocycles. The van der Waals surface area contributed by atoms with Crippen molar-refractivity contribution in [1.29, 1.82) is 0 Å².